The molecule has 2 nitrogen and oxygen atoms in total. The summed E-state index contributed by atoms with van der Waals surface area (Å²) < 4.78 is 11.0. The molecule has 2 heteroatoms. The third kappa shape index (κ3) is 13.5. The third-order valence-electron chi connectivity index (χ3n) is 5.86. The van der Waals surface area contributed by atoms with E-state index in [1.807, 2.05) is 6.08 Å². The van der Waals surface area contributed by atoms with Gasteiger partial charge < -0.3 is 9.47 Å². The van der Waals surface area contributed by atoms with Crippen LogP contribution in [0.2, 0.25) is 0 Å². The Morgan fingerprint density at radius 3 is 1.93 bits per heavy atom. The molecule has 1 aliphatic rings. The van der Waals surface area contributed by atoms with E-state index in [0.29, 0.717) is 12.7 Å². The van der Waals surface area contributed by atoms with Crippen molar-refractivity contribution in [2.24, 2.45) is 0 Å². The topological polar surface area (TPSA) is 21.8 Å². The van der Waals surface area contributed by atoms with Gasteiger partial charge in [0, 0.05) is 0 Å². The minimum Gasteiger partial charge on any atom is -0.491 e. The highest BCUT2D eigenvalue weighted by molar-refractivity contribution is 5.28. The van der Waals surface area contributed by atoms with Crippen molar-refractivity contribution in [2.45, 2.75) is 109 Å². The molecule has 1 saturated heterocycles. The largest absolute Gasteiger partial charge is 0.491 e. The van der Waals surface area contributed by atoms with Gasteiger partial charge in [-0.1, -0.05) is 95.3 Å². The van der Waals surface area contributed by atoms with Crippen LogP contribution in [0.4, 0.5) is 0 Å². The van der Waals surface area contributed by atoms with Crippen molar-refractivity contribution in [3.05, 3.63) is 42.5 Å². The van der Waals surface area contributed by atoms with Crippen LogP contribution >= 0.6 is 0 Å². The number of allylic oxidation sites excluding steroid dienone is 1. The summed E-state index contributed by atoms with van der Waals surface area (Å²) in [7, 11) is 0. The summed E-state index contributed by atoms with van der Waals surface area (Å²) in [5.74, 6) is 0.991. The number of unbranched alkanes of at least 4 members (excludes halogenated alkanes) is 14. The third-order valence-corrected chi connectivity index (χ3v) is 5.86. The molecular weight excluding hydrogens is 356 g/mol. The average Bonchev–Trinajstić information content (AvgIpc) is 3.57. The molecule has 1 aliphatic heterocycles. The van der Waals surface area contributed by atoms with Crippen LogP contribution in [0.1, 0.15) is 102 Å². The molecule has 0 spiro atoms. The van der Waals surface area contributed by atoms with Crippen LogP contribution in [0.15, 0.2) is 36.9 Å². The minimum absolute atomic E-state index is 0.330. The fourth-order valence-corrected chi connectivity index (χ4v) is 3.88. The van der Waals surface area contributed by atoms with Crippen molar-refractivity contribution >= 4 is 0 Å². The molecule has 1 unspecified atom stereocenters. The Labute approximate surface area is 180 Å². The van der Waals surface area contributed by atoms with Crippen LogP contribution in [-0.4, -0.2) is 19.3 Å². The van der Waals surface area contributed by atoms with Crippen LogP contribution in [-0.2, 0) is 11.2 Å². The van der Waals surface area contributed by atoms with Crippen molar-refractivity contribution in [2.75, 3.05) is 13.2 Å². The summed E-state index contributed by atoms with van der Waals surface area (Å²) >= 11 is 0. The van der Waals surface area contributed by atoms with Crippen molar-refractivity contribution in [1.29, 1.82) is 0 Å². The Bertz CT molecular complexity index is 521. The fraction of sp³-hybridized carbons (Fsp3) is 0.704. The quantitative estimate of drug-likeness (QED) is 0.125. The molecule has 0 bridgehead atoms. The van der Waals surface area contributed by atoms with E-state index in [2.05, 4.69) is 30.8 Å². The lowest BCUT2D eigenvalue weighted by atomic mass is 10.0. The zero-order chi connectivity index (χ0) is 20.4. The van der Waals surface area contributed by atoms with Gasteiger partial charge in [-0.3, -0.25) is 0 Å². The summed E-state index contributed by atoms with van der Waals surface area (Å²) in [5, 5.41) is 0. The highest BCUT2D eigenvalue weighted by atomic mass is 16.6. The number of hydrogen-bond donors (Lipinski definition) is 0. The number of rotatable bonds is 20. The molecule has 0 amide bonds. The lowest BCUT2D eigenvalue weighted by Crippen LogP contribution is -2.04. The van der Waals surface area contributed by atoms with Gasteiger partial charge in [0.05, 0.1) is 6.61 Å². The average molecular weight is 401 g/mol. The number of ether oxygens (including phenoxy) is 2. The maximum Gasteiger partial charge on any atom is 0.119 e. The Morgan fingerprint density at radius 2 is 1.38 bits per heavy atom. The highest BCUT2D eigenvalue weighted by Crippen LogP contribution is 2.19. The Kier molecular flexibility index (Phi) is 13.7. The molecule has 164 valence electrons. The summed E-state index contributed by atoms with van der Waals surface area (Å²) in [6, 6.07) is 8.59. The van der Waals surface area contributed by atoms with Gasteiger partial charge in [0.2, 0.25) is 0 Å². The lowest BCUT2D eigenvalue weighted by Gasteiger charge is -2.07. The van der Waals surface area contributed by atoms with E-state index in [4.69, 9.17) is 9.47 Å². The molecule has 1 aromatic carbocycles. The second-order valence-electron chi connectivity index (χ2n) is 8.69. The van der Waals surface area contributed by atoms with Gasteiger partial charge in [0.15, 0.2) is 0 Å². The number of aryl methyl sites for hydroxylation is 1. The molecule has 1 aromatic rings. The standard InChI is InChI=1S/C27H44O2/c1-2-3-4-5-6-7-8-9-10-11-12-13-14-15-16-17-19-25-20-18-21-26(22-25)28-23-27-24-29-27/h2,18,20-22,27H,1,3-17,19,23-24H2. The Hall–Kier alpha value is -1.28. The fourth-order valence-electron chi connectivity index (χ4n) is 3.88. The molecule has 1 atom stereocenters. The second kappa shape index (κ2) is 16.5. The summed E-state index contributed by atoms with van der Waals surface area (Å²) in [6.45, 7) is 5.34. The van der Waals surface area contributed by atoms with E-state index in [9.17, 15) is 0 Å². The molecule has 0 aromatic heterocycles. The molecule has 2 rings (SSSR count). The van der Waals surface area contributed by atoms with Crippen LogP contribution in [0.5, 0.6) is 5.75 Å². The molecular formula is C27H44O2. The van der Waals surface area contributed by atoms with E-state index in [-0.39, 0.29) is 0 Å². The van der Waals surface area contributed by atoms with Gasteiger partial charge in [-0.2, -0.15) is 0 Å². The lowest BCUT2D eigenvalue weighted by molar-refractivity contribution is 0.263. The molecule has 29 heavy (non-hydrogen) atoms. The first-order valence-corrected chi connectivity index (χ1v) is 12.3. The molecule has 0 saturated carbocycles. The maximum absolute atomic E-state index is 5.78. The number of hydrogen-bond acceptors (Lipinski definition) is 2. The van der Waals surface area contributed by atoms with E-state index in [1.54, 1.807) is 0 Å². The van der Waals surface area contributed by atoms with Crippen molar-refractivity contribution < 1.29 is 9.47 Å². The van der Waals surface area contributed by atoms with Crippen molar-refractivity contribution in [3.8, 4) is 5.75 Å². The zero-order valence-corrected chi connectivity index (χ0v) is 18.7. The van der Waals surface area contributed by atoms with E-state index in [1.165, 1.54) is 108 Å². The minimum atomic E-state index is 0.330. The van der Waals surface area contributed by atoms with Crippen molar-refractivity contribution in [3.63, 3.8) is 0 Å². The Morgan fingerprint density at radius 1 is 0.828 bits per heavy atom. The molecule has 1 fully saturated rings. The number of epoxide rings is 1. The van der Waals surface area contributed by atoms with Gasteiger partial charge in [0.1, 0.15) is 18.5 Å². The summed E-state index contributed by atoms with van der Waals surface area (Å²) in [4.78, 5) is 0. The van der Waals surface area contributed by atoms with Gasteiger partial charge in [0.25, 0.3) is 0 Å². The van der Waals surface area contributed by atoms with E-state index in [0.717, 1.165) is 12.4 Å². The van der Waals surface area contributed by atoms with Crippen LogP contribution in [0.25, 0.3) is 0 Å². The first-order valence-electron chi connectivity index (χ1n) is 12.3. The first-order chi connectivity index (χ1) is 14.4. The van der Waals surface area contributed by atoms with Crippen molar-refractivity contribution in [1.82, 2.24) is 0 Å². The molecule has 0 N–H and O–H groups in total. The van der Waals surface area contributed by atoms with Gasteiger partial charge in [-0.15, -0.1) is 6.58 Å². The predicted molar refractivity (Wildman–Crippen MR) is 125 cm³/mol. The second-order valence-corrected chi connectivity index (χ2v) is 8.69. The molecule has 0 aliphatic carbocycles. The molecule has 0 radical (unpaired) electrons. The van der Waals surface area contributed by atoms with Gasteiger partial charge >= 0.3 is 0 Å². The monoisotopic (exact) mass is 400 g/mol. The highest BCUT2D eigenvalue weighted by Gasteiger charge is 2.22. The zero-order valence-electron chi connectivity index (χ0n) is 18.7. The predicted octanol–water partition coefficient (Wildman–Crippen LogP) is 8.04. The Balaban J connectivity index is 1.32. The normalized spacial score (nSPS) is 15.4. The van der Waals surface area contributed by atoms with E-state index < -0.39 is 0 Å². The maximum atomic E-state index is 5.78. The first kappa shape index (κ1) is 24.0. The SMILES string of the molecule is C=CCCCCCCCCCCCCCCCCc1cccc(OCC2CO2)c1. The summed E-state index contributed by atoms with van der Waals surface area (Å²) in [6.07, 6.45) is 24.4. The molecule has 1 heterocycles. The van der Waals surface area contributed by atoms with Gasteiger partial charge in [-0.25, -0.2) is 0 Å². The smallest absolute Gasteiger partial charge is 0.119 e. The summed E-state index contributed by atoms with van der Waals surface area (Å²) in [5.41, 5.74) is 1.40. The van der Waals surface area contributed by atoms with Crippen LogP contribution < -0.4 is 4.74 Å². The van der Waals surface area contributed by atoms with Gasteiger partial charge in [-0.05, 0) is 43.4 Å². The van der Waals surface area contributed by atoms with E-state index >= 15 is 0 Å². The van der Waals surface area contributed by atoms with Crippen LogP contribution in [0, 0.1) is 0 Å². The number of benzene rings is 1. The van der Waals surface area contributed by atoms with Crippen LogP contribution in [0.3, 0.4) is 0 Å².